The fourth-order valence-corrected chi connectivity index (χ4v) is 6.70. The lowest BCUT2D eigenvalue weighted by molar-refractivity contribution is -0.169. The van der Waals surface area contributed by atoms with E-state index in [4.69, 9.17) is 0 Å². The number of carboxylic acids is 1. The van der Waals surface area contributed by atoms with Crippen LogP contribution in [0.25, 0.3) is 0 Å². The molecule has 3 atom stereocenters. The van der Waals surface area contributed by atoms with E-state index in [1.54, 1.807) is 65.6 Å². The minimum atomic E-state index is -2.10. The molecule has 2 bridgehead atoms. The maximum absolute atomic E-state index is 14.4. The zero-order valence-electron chi connectivity index (χ0n) is 23.0. The van der Waals surface area contributed by atoms with Crippen molar-refractivity contribution >= 4 is 17.8 Å². The zero-order valence-corrected chi connectivity index (χ0v) is 23.0. The summed E-state index contributed by atoms with van der Waals surface area (Å²) in [7, 11) is 0. The number of hydrogen-bond acceptors (Lipinski definition) is 4. The summed E-state index contributed by atoms with van der Waals surface area (Å²) >= 11 is 0. The molecule has 7 nitrogen and oxygen atoms in total. The van der Waals surface area contributed by atoms with Gasteiger partial charge in [0.25, 0.3) is 5.91 Å². The molecule has 2 heterocycles. The van der Waals surface area contributed by atoms with Gasteiger partial charge >= 0.3 is 5.97 Å². The molecule has 4 aromatic rings. The lowest BCUT2D eigenvalue weighted by atomic mass is 9.83. The number of piperazine rings is 1. The number of fused-ring (bicyclic) bond motifs is 2. The van der Waals surface area contributed by atoms with Crippen LogP contribution in [0.4, 0.5) is 0 Å². The van der Waals surface area contributed by atoms with Crippen LogP contribution in [0.1, 0.15) is 41.0 Å². The Morgan fingerprint density at radius 2 is 1.14 bits per heavy atom. The van der Waals surface area contributed by atoms with Crippen molar-refractivity contribution in [3.63, 3.8) is 0 Å². The van der Waals surface area contributed by atoms with Crippen molar-refractivity contribution in [2.75, 3.05) is 6.54 Å². The normalized spacial score (nSPS) is 20.0. The van der Waals surface area contributed by atoms with Crippen LogP contribution in [-0.4, -0.2) is 62.5 Å². The molecule has 0 aliphatic carbocycles. The second-order valence-corrected chi connectivity index (χ2v) is 11.0. The molecule has 212 valence electrons. The Balaban J connectivity index is 1.39. The first-order valence-electron chi connectivity index (χ1n) is 14.2. The number of aliphatic hydroxyl groups is 1. The highest BCUT2D eigenvalue weighted by molar-refractivity contribution is 5.95. The van der Waals surface area contributed by atoms with E-state index in [9.17, 15) is 24.6 Å². The molecule has 2 saturated heterocycles. The maximum atomic E-state index is 14.4. The van der Waals surface area contributed by atoms with Crippen LogP contribution in [0.5, 0.6) is 0 Å². The summed E-state index contributed by atoms with van der Waals surface area (Å²) in [6.07, 6.45) is 1.01. The minimum Gasteiger partial charge on any atom is -0.480 e. The molecule has 2 aliphatic heterocycles. The summed E-state index contributed by atoms with van der Waals surface area (Å²) in [5.74, 6) is -2.71. The number of amides is 2. The van der Waals surface area contributed by atoms with Crippen molar-refractivity contribution in [3.8, 4) is 0 Å². The quantitative estimate of drug-likeness (QED) is 0.349. The molecular formula is C35H32N2O5. The van der Waals surface area contributed by atoms with E-state index in [1.807, 2.05) is 60.7 Å². The summed E-state index contributed by atoms with van der Waals surface area (Å²) in [5.41, 5.74) is 0.245. The molecule has 0 aromatic heterocycles. The van der Waals surface area contributed by atoms with Crippen LogP contribution in [0.15, 0.2) is 121 Å². The molecule has 6 rings (SSSR count). The molecule has 0 spiro atoms. The lowest BCUT2D eigenvalue weighted by Crippen LogP contribution is -2.67. The average molecular weight is 561 g/mol. The van der Waals surface area contributed by atoms with Gasteiger partial charge in [-0.15, -0.1) is 0 Å². The van der Waals surface area contributed by atoms with E-state index in [0.717, 1.165) is 11.1 Å². The van der Waals surface area contributed by atoms with E-state index in [0.29, 0.717) is 24.0 Å². The average Bonchev–Trinajstić information content (AvgIpc) is 3.34. The third-order valence-electron chi connectivity index (χ3n) is 8.63. The van der Waals surface area contributed by atoms with Crippen LogP contribution in [0.3, 0.4) is 0 Å². The Labute approximate surface area is 244 Å². The van der Waals surface area contributed by atoms with Crippen molar-refractivity contribution in [1.29, 1.82) is 0 Å². The topological polar surface area (TPSA) is 98.2 Å². The fourth-order valence-electron chi connectivity index (χ4n) is 6.70. The minimum absolute atomic E-state index is 0.0102. The molecule has 0 saturated carbocycles. The third-order valence-corrected chi connectivity index (χ3v) is 8.63. The first-order valence-corrected chi connectivity index (χ1v) is 14.2. The van der Waals surface area contributed by atoms with Crippen molar-refractivity contribution in [1.82, 2.24) is 9.80 Å². The van der Waals surface area contributed by atoms with Gasteiger partial charge in [0.05, 0.1) is 12.0 Å². The number of carbonyl (C=O) groups is 3. The van der Waals surface area contributed by atoms with Crippen molar-refractivity contribution in [3.05, 3.63) is 144 Å². The summed E-state index contributed by atoms with van der Waals surface area (Å²) in [4.78, 5) is 44.8. The third kappa shape index (κ3) is 4.65. The second-order valence-electron chi connectivity index (χ2n) is 11.0. The predicted molar refractivity (Wildman–Crippen MR) is 157 cm³/mol. The molecule has 42 heavy (non-hydrogen) atoms. The number of rotatable bonds is 7. The van der Waals surface area contributed by atoms with E-state index < -0.39 is 35.5 Å². The van der Waals surface area contributed by atoms with Crippen LogP contribution in [-0.2, 0) is 20.0 Å². The van der Waals surface area contributed by atoms with E-state index in [1.165, 1.54) is 4.90 Å². The van der Waals surface area contributed by atoms with Gasteiger partial charge in [-0.1, -0.05) is 121 Å². The largest absolute Gasteiger partial charge is 0.480 e. The molecule has 7 heteroatoms. The monoisotopic (exact) mass is 560 g/mol. The standard InChI is InChI=1S/C35H32N2O5/c38-32(30(24-13-5-1-6-14-24)25-15-7-2-8-16-25)37-28-21-22-29(37)31(33(39)40)36(23-28)34(41)35(42,26-17-9-3-10-18-26)27-19-11-4-12-20-27/h1-20,28-31,42H,21-23H2,(H,39,40)/t28-,29+,31-/m0/s1. The maximum Gasteiger partial charge on any atom is 0.328 e. The van der Waals surface area contributed by atoms with Crippen LogP contribution >= 0.6 is 0 Å². The number of carbonyl (C=O) groups excluding carboxylic acids is 2. The molecule has 4 aromatic carbocycles. The van der Waals surface area contributed by atoms with Gasteiger partial charge in [0, 0.05) is 12.6 Å². The molecule has 0 radical (unpaired) electrons. The Morgan fingerprint density at radius 3 is 1.60 bits per heavy atom. The van der Waals surface area contributed by atoms with Gasteiger partial charge in [0.15, 0.2) is 5.60 Å². The summed E-state index contributed by atoms with van der Waals surface area (Å²) in [5, 5.41) is 22.7. The van der Waals surface area contributed by atoms with E-state index in [2.05, 4.69) is 0 Å². The molecule has 0 unspecified atom stereocenters. The molecule has 2 aliphatic rings. The second kappa shape index (κ2) is 11.3. The number of nitrogens with zero attached hydrogens (tertiary/aromatic N) is 2. The van der Waals surface area contributed by atoms with Gasteiger partial charge < -0.3 is 20.0 Å². The van der Waals surface area contributed by atoms with E-state index >= 15 is 0 Å². The Morgan fingerprint density at radius 1 is 0.690 bits per heavy atom. The first-order chi connectivity index (χ1) is 20.4. The zero-order chi connectivity index (χ0) is 29.3. The Bertz CT molecular complexity index is 1480. The van der Waals surface area contributed by atoms with Crippen molar-refractivity contribution in [2.24, 2.45) is 0 Å². The fraction of sp³-hybridized carbons (Fsp3) is 0.229. The SMILES string of the molecule is O=C(O)[C@@H]1[C@H]2CC[C@@H](CN1C(=O)C(O)(c1ccccc1)c1ccccc1)N2C(=O)C(c1ccccc1)c1ccccc1. The molecular weight excluding hydrogens is 528 g/mol. The highest BCUT2D eigenvalue weighted by Crippen LogP contribution is 2.41. The highest BCUT2D eigenvalue weighted by atomic mass is 16.4. The predicted octanol–water partition coefficient (Wildman–Crippen LogP) is 4.41. The van der Waals surface area contributed by atoms with Crippen molar-refractivity contribution < 1.29 is 24.6 Å². The highest BCUT2D eigenvalue weighted by Gasteiger charge is 2.56. The number of likely N-dealkylation sites (tertiary alicyclic amines) is 1. The van der Waals surface area contributed by atoms with E-state index in [-0.39, 0.29) is 18.5 Å². The summed E-state index contributed by atoms with van der Waals surface area (Å²) < 4.78 is 0. The Hall–Kier alpha value is -4.75. The Kier molecular flexibility index (Phi) is 7.35. The van der Waals surface area contributed by atoms with Crippen LogP contribution in [0, 0.1) is 0 Å². The molecule has 2 fully saturated rings. The van der Waals surface area contributed by atoms with Gasteiger partial charge in [-0.3, -0.25) is 9.59 Å². The van der Waals surface area contributed by atoms with Crippen LogP contribution < -0.4 is 0 Å². The number of hydrogen-bond donors (Lipinski definition) is 2. The van der Waals surface area contributed by atoms with Gasteiger partial charge in [0.1, 0.15) is 6.04 Å². The molecule has 2 amide bonds. The molecule has 2 N–H and O–H groups in total. The van der Waals surface area contributed by atoms with Gasteiger partial charge in [0.2, 0.25) is 5.91 Å². The first kappa shape index (κ1) is 27.4. The van der Waals surface area contributed by atoms with Gasteiger partial charge in [-0.2, -0.15) is 0 Å². The number of aliphatic carboxylic acids is 1. The number of carboxylic acid groups (broad SMARTS) is 1. The smallest absolute Gasteiger partial charge is 0.328 e. The van der Waals surface area contributed by atoms with Crippen molar-refractivity contribution in [2.45, 2.75) is 42.5 Å². The van der Waals surface area contributed by atoms with Crippen LogP contribution in [0.2, 0.25) is 0 Å². The number of benzene rings is 4. The van der Waals surface area contributed by atoms with Gasteiger partial charge in [-0.25, -0.2) is 4.79 Å². The van der Waals surface area contributed by atoms with Gasteiger partial charge in [-0.05, 0) is 35.1 Å². The summed E-state index contributed by atoms with van der Waals surface area (Å²) in [6.45, 7) is 0.0102. The lowest BCUT2D eigenvalue weighted by Gasteiger charge is -2.48. The summed E-state index contributed by atoms with van der Waals surface area (Å²) in [6, 6.07) is 33.7.